The van der Waals surface area contributed by atoms with Gasteiger partial charge in [0.05, 0.1) is 0 Å². The molecule has 0 unspecified atom stereocenters. The molecule has 0 radical (unpaired) electrons. The van der Waals surface area contributed by atoms with Crippen molar-refractivity contribution in [2.75, 3.05) is 31.1 Å². The summed E-state index contributed by atoms with van der Waals surface area (Å²) in [6.45, 7) is 4.00. The van der Waals surface area contributed by atoms with E-state index in [1.54, 1.807) is 0 Å². The zero-order valence-corrected chi connectivity index (χ0v) is 10.8. The highest BCUT2D eigenvalue weighted by Crippen LogP contribution is 2.20. The van der Waals surface area contributed by atoms with E-state index < -0.39 is 0 Å². The lowest BCUT2D eigenvalue weighted by Gasteiger charge is -2.28. The highest BCUT2D eigenvalue weighted by Gasteiger charge is 2.15. The number of rotatable bonds is 2. The van der Waals surface area contributed by atoms with Crippen LogP contribution in [0.2, 0.25) is 5.02 Å². The van der Waals surface area contributed by atoms with E-state index in [-0.39, 0.29) is 0 Å². The fourth-order valence-corrected chi connectivity index (χ4v) is 2.32. The normalized spacial score (nSPS) is 15.9. The predicted molar refractivity (Wildman–Crippen MR) is 73.7 cm³/mol. The zero-order chi connectivity index (χ0) is 12.4. The fraction of sp³-hybridized carbons (Fsp3) is 0.308. The first-order chi connectivity index (χ1) is 8.84. The van der Waals surface area contributed by atoms with Crippen LogP contribution in [-0.4, -0.2) is 35.7 Å². The van der Waals surface area contributed by atoms with Gasteiger partial charge in [0.2, 0.25) is 5.95 Å². The predicted octanol–water partition coefficient (Wildman–Crippen LogP) is 1.94. The molecule has 0 saturated carbocycles. The van der Waals surface area contributed by atoms with E-state index in [4.69, 9.17) is 11.6 Å². The molecule has 2 aromatic rings. The number of nitrogens with zero attached hydrogens (tertiary/aromatic N) is 3. The summed E-state index contributed by atoms with van der Waals surface area (Å²) in [6.07, 6.45) is 3.83. The average molecular weight is 263 g/mol. The summed E-state index contributed by atoms with van der Waals surface area (Å²) in [5.74, 6) is 0.999. The Hall–Kier alpha value is -1.52. The molecule has 0 amide bonds. The Labute approximate surface area is 111 Å². The van der Waals surface area contributed by atoms with Crippen LogP contribution >= 0.6 is 11.6 Å². The molecule has 1 aromatic heterocycles. The van der Waals surface area contributed by atoms with Gasteiger partial charge in [0.1, 0.15) is 0 Å². The SMILES string of the molecule is Clc1ccc(-n2ccnc2N2CCNCC2)cc1. The second kappa shape index (κ2) is 5.00. The molecule has 0 bridgehead atoms. The molecular weight excluding hydrogens is 248 g/mol. The Morgan fingerprint density at radius 3 is 2.56 bits per heavy atom. The molecule has 1 saturated heterocycles. The third-order valence-corrected chi connectivity index (χ3v) is 3.38. The summed E-state index contributed by atoms with van der Waals surface area (Å²) in [7, 11) is 0. The number of hydrogen-bond donors (Lipinski definition) is 1. The van der Waals surface area contributed by atoms with Crippen LogP contribution < -0.4 is 10.2 Å². The van der Waals surface area contributed by atoms with Crippen molar-refractivity contribution in [2.24, 2.45) is 0 Å². The van der Waals surface area contributed by atoms with Gasteiger partial charge in [-0.1, -0.05) is 11.6 Å². The van der Waals surface area contributed by atoms with Crippen molar-refractivity contribution in [3.8, 4) is 5.69 Å². The lowest BCUT2D eigenvalue weighted by molar-refractivity contribution is 0.577. The smallest absolute Gasteiger partial charge is 0.210 e. The molecule has 18 heavy (non-hydrogen) atoms. The van der Waals surface area contributed by atoms with Crippen LogP contribution in [0, 0.1) is 0 Å². The number of benzene rings is 1. The summed E-state index contributed by atoms with van der Waals surface area (Å²) in [5, 5.41) is 4.10. The largest absolute Gasteiger partial charge is 0.339 e. The van der Waals surface area contributed by atoms with Crippen LogP contribution in [0.25, 0.3) is 5.69 Å². The molecule has 5 heteroatoms. The van der Waals surface area contributed by atoms with Crippen molar-refractivity contribution in [1.29, 1.82) is 0 Å². The highest BCUT2D eigenvalue weighted by atomic mass is 35.5. The number of hydrogen-bond acceptors (Lipinski definition) is 3. The van der Waals surface area contributed by atoms with E-state index in [9.17, 15) is 0 Å². The Morgan fingerprint density at radius 1 is 1.11 bits per heavy atom. The molecule has 1 aliphatic rings. The van der Waals surface area contributed by atoms with Crippen LogP contribution in [0.15, 0.2) is 36.7 Å². The number of aromatic nitrogens is 2. The quantitative estimate of drug-likeness (QED) is 0.898. The van der Waals surface area contributed by atoms with Gasteiger partial charge in [0, 0.05) is 49.3 Å². The number of imidazole rings is 1. The van der Waals surface area contributed by atoms with Crippen molar-refractivity contribution in [3.05, 3.63) is 41.7 Å². The summed E-state index contributed by atoms with van der Waals surface area (Å²) in [5.41, 5.74) is 1.09. The van der Waals surface area contributed by atoms with Gasteiger partial charge >= 0.3 is 0 Å². The van der Waals surface area contributed by atoms with Crippen molar-refractivity contribution >= 4 is 17.5 Å². The van der Waals surface area contributed by atoms with Gasteiger partial charge in [0.15, 0.2) is 0 Å². The Kier molecular flexibility index (Phi) is 3.21. The Bertz CT molecular complexity index is 514. The van der Waals surface area contributed by atoms with Gasteiger partial charge in [0.25, 0.3) is 0 Å². The van der Waals surface area contributed by atoms with Gasteiger partial charge in [-0.15, -0.1) is 0 Å². The van der Waals surface area contributed by atoms with Crippen molar-refractivity contribution in [3.63, 3.8) is 0 Å². The summed E-state index contributed by atoms with van der Waals surface area (Å²) >= 11 is 5.92. The van der Waals surface area contributed by atoms with E-state index in [1.807, 2.05) is 36.7 Å². The van der Waals surface area contributed by atoms with Crippen molar-refractivity contribution in [1.82, 2.24) is 14.9 Å². The molecule has 2 heterocycles. The first-order valence-electron chi connectivity index (χ1n) is 6.09. The maximum Gasteiger partial charge on any atom is 0.210 e. The highest BCUT2D eigenvalue weighted by molar-refractivity contribution is 6.30. The first kappa shape index (κ1) is 11.6. The van der Waals surface area contributed by atoms with Crippen LogP contribution in [-0.2, 0) is 0 Å². The molecule has 1 aliphatic heterocycles. The maximum atomic E-state index is 5.92. The van der Waals surface area contributed by atoms with Crippen molar-refractivity contribution < 1.29 is 0 Å². The third kappa shape index (κ3) is 2.21. The lowest BCUT2D eigenvalue weighted by Crippen LogP contribution is -2.44. The molecule has 94 valence electrons. The monoisotopic (exact) mass is 262 g/mol. The number of halogens is 1. The maximum absolute atomic E-state index is 5.92. The molecule has 0 aliphatic carbocycles. The molecule has 4 nitrogen and oxygen atoms in total. The fourth-order valence-electron chi connectivity index (χ4n) is 2.20. The van der Waals surface area contributed by atoms with Crippen LogP contribution in [0.3, 0.4) is 0 Å². The van der Waals surface area contributed by atoms with Gasteiger partial charge in [-0.3, -0.25) is 4.57 Å². The minimum atomic E-state index is 0.752. The van der Waals surface area contributed by atoms with Crippen LogP contribution in [0.5, 0.6) is 0 Å². The molecule has 3 rings (SSSR count). The van der Waals surface area contributed by atoms with Crippen LogP contribution in [0.4, 0.5) is 5.95 Å². The second-order valence-corrected chi connectivity index (χ2v) is 4.75. The summed E-state index contributed by atoms with van der Waals surface area (Å²) < 4.78 is 2.10. The summed E-state index contributed by atoms with van der Waals surface area (Å²) in [6, 6.07) is 7.82. The summed E-state index contributed by atoms with van der Waals surface area (Å²) in [4.78, 5) is 6.76. The Balaban J connectivity index is 1.93. The third-order valence-electron chi connectivity index (χ3n) is 3.13. The number of nitrogens with one attached hydrogen (secondary N) is 1. The number of anilines is 1. The molecule has 0 spiro atoms. The second-order valence-electron chi connectivity index (χ2n) is 4.31. The van der Waals surface area contributed by atoms with E-state index >= 15 is 0 Å². The zero-order valence-electron chi connectivity index (χ0n) is 10.0. The lowest BCUT2D eigenvalue weighted by atomic mass is 10.3. The van der Waals surface area contributed by atoms with Gasteiger partial charge in [-0.05, 0) is 24.3 Å². The van der Waals surface area contributed by atoms with Gasteiger partial charge in [-0.2, -0.15) is 0 Å². The molecule has 1 aromatic carbocycles. The molecule has 1 N–H and O–H groups in total. The molecular formula is C13H15ClN4. The van der Waals surface area contributed by atoms with Gasteiger partial charge < -0.3 is 10.2 Å². The minimum Gasteiger partial charge on any atom is -0.339 e. The average Bonchev–Trinajstić information content (AvgIpc) is 2.90. The van der Waals surface area contributed by atoms with Crippen LogP contribution in [0.1, 0.15) is 0 Å². The Morgan fingerprint density at radius 2 is 1.83 bits per heavy atom. The number of piperazine rings is 1. The molecule has 0 atom stereocenters. The van der Waals surface area contributed by atoms with E-state index in [2.05, 4.69) is 19.8 Å². The minimum absolute atomic E-state index is 0.752. The van der Waals surface area contributed by atoms with Gasteiger partial charge in [-0.25, -0.2) is 4.98 Å². The van der Waals surface area contributed by atoms with E-state index in [1.165, 1.54) is 0 Å². The standard InChI is InChI=1S/C13H15ClN4/c14-11-1-3-12(4-2-11)18-10-7-16-13(18)17-8-5-15-6-9-17/h1-4,7,10,15H,5-6,8-9H2. The van der Waals surface area contributed by atoms with E-state index in [0.29, 0.717) is 0 Å². The topological polar surface area (TPSA) is 33.1 Å². The molecule has 1 fully saturated rings. The first-order valence-corrected chi connectivity index (χ1v) is 6.47. The van der Waals surface area contributed by atoms with Crippen molar-refractivity contribution in [2.45, 2.75) is 0 Å². The van der Waals surface area contributed by atoms with E-state index in [0.717, 1.165) is 42.8 Å².